The average Bonchev–Trinajstić information content (AvgIpc) is 3.20. The largest absolute Gasteiger partial charge is 0.384 e. The maximum absolute atomic E-state index is 12.1. The molecule has 1 aliphatic carbocycles. The molecule has 1 aromatic heterocycles. The Hall–Kier alpha value is -1.41. The van der Waals surface area contributed by atoms with Gasteiger partial charge in [-0.2, -0.15) is 0 Å². The standard InChI is InChI=1S/C14H23N5O2S/c1-2-5-22(20,21)18-12-8-19(7-11(12)10-3-4-10)14-6-13(15)16-9-17-14/h6,9-12,18H,2-5,7-8H2,1H3,(H2,15,16,17)/t11-,12+/m1/s1. The van der Waals surface area contributed by atoms with Crippen LogP contribution in [0.15, 0.2) is 12.4 Å². The summed E-state index contributed by atoms with van der Waals surface area (Å²) in [5.74, 6) is 2.36. The molecule has 1 saturated carbocycles. The third-order valence-corrected chi connectivity index (χ3v) is 6.00. The van der Waals surface area contributed by atoms with Crippen molar-refractivity contribution in [1.82, 2.24) is 14.7 Å². The maximum Gasteiger partial charge on any atom is 0.211 e. The highest BCUT2D eigenvalue weighted by molar-refractivity contribution is 7.89. The van der Waals surface area contributed by atoms with Gasteiger partial charge in [-0.3, -0.25) is 0 Å². The quantitative estimate of drug-likeness (QED) is 0.794. The number of nitrogens with two attached hydrogens (primary N) is 1. The fourth-order valence-electron chi connectivity index (χ4n) is 3.24. The summed E-state index contributed by atoms with van der Waals surface area (Å²) in [7, 11) is -3.20. The maximum atomic E-state index is 12.1. The minimum Gasteiger partial charge on any atom is -0.384 e. The number of hydrogen-bond donors (Lipinski definition) is 2. The molecule has 1 aliphatic heterocycles. The van der Waals surface area contributed by atoms with Crippen molar-refractivity contribution >= 4 is 21.7 Å². The number of anilines is 2. The van der Waals surface area contributed by atoms with Crippen LogP contribution in [0.3, 0.4) is 0 Å². The highest BCUT2D eigenvalue weighted by atomic mass is 32.2. The number of aromatic nitrogens is 2. The molecule has 2 atom stereocenters. The first-order chi connectivity index (χ1) is 10.5. The van der Waals surface area contributed by atoms with Gasteiger partial charge in [-0.1, -0.05) is 6.92 Å². The molecule has 0 radical (unpaired) electrons. The van der Waals surface area contributed by atoms with Crippen LogP contribution in [0.2, 0.25) is 0 Å². The first-order valence-corrected chi connectivity index (χ1v) is 9.46. The Kier molecular flexibility index (Phi) is 4.22. The molecular weight excluding hydrogens is 302 g/mol. The highest BCUT2D eigenvalue weighted by Crippen LogP contribution is 2.42. The molecule has 122 valence electrons. The van der Waals surface area contributed by atoms with Crippen molar-refractivity contribution < 1.29 is 8.42 Å². The van der Waals surface area contributed by atoms with Gasteiger partial charge in [0.1, 0.15) is 18.0 Å². The van der Waals surface area contributed by atoms with Gasteiger partial charge in [0.05, 0.1) is 5.75 Å². The Morgan fingerprint density at radius 2 is 2.14 bits per heavy atom. The number of hydrogen-bond acceptors (Lipinski definition) is 6. The Balaban J connectivity index is 1.75. The smallest absolute Gasteiger partial charge is 0.211 e. The van der Waals surface area contributed by atoms with Crippen molar-refractivity contribution in [2.24, 2.45) is 11.8 Å². The van der Waals surface area contributed by atoms with Crippen LogP contribution in [0.1, 0.15) is 26.2 Å². The molecule has 0 bridgehead atoms. The molecule has 2 fully saturated rings. The van der Waals surface area contributed by atoms with Crippen LogP contribution in [0, 0.1) is 11.8 Å². The molecule has 7 nitrogen and oxygen atoms in total. The molecule has 8 heteroatoms. The van der Waals surface area contributed by atoms with Gasteiger partial charge in [0.25, 0.3) is 0 Å². The third-order valence-electron chi connectivity index (χ3n) is 4.39. The molecule has 2 heterocycles. The fourth-order valence-corrected chi connectivity index (χ4v) is 4.60. The van der Waals surface area contributed by atoms with E-state index < -0.39 is 10.0 Å². The van der Waals surface area contributed by atoms with Crippen molar-refractivity contribution in [3.05, 3.63) is 12.4 Å². The lowest BCUT2D eigenvalue weighted by molar-refractivity contribution is 0.426. The van der Waals surface area contributed by atoms with E-state index in [4.69, 9.17) is 5.73 Å². The summed E-state index contributed by atoms with van der Waals surface area (Å²) < 4.78 is 27.1. The Morgan fingerprint density at radius 1 is 1.36 bits per heavy atom. The molecule has 22 heavy (non-hydrogen) atoms. The molecule has 0 spiro atoms. The van der Waals surface area contributed by atoms with Crippen molar-refractivity contribution in [3.8, 4) is 0 Å². The molecule has 0 aromatic carbocycles. The zero-order valence-corrected chi connectivity index (χ0v) is 13.6. The average molecular weight is 325 g/mol. The van der Waals surface area contributed by atoms with Crippen molar-refractivity contribution in [2.75, 3.05) is 29.5 Å². The van der Waals surface area contributed by atoms with E-state index in [2.05, 4.69) is 19.6 Å². The van der Waals surface area contributed by atoms with Crippen LogP contribution >= 0.6 is 0 Å². The topological polar surface area (TPSA) is 101 Å². The van der Waals surface area contributed by atoms with Crippen molar-refractivity contribution in [3.63, 3.8) is 0 Å². The lowest BCUT2D eigenvalue weighted by atomic mass is 9.99. The number of sulfonamides is 1. The van der Waals surface area contributed by atoms with Crippen molar-refractivity contribution in [2.45, 2.75) is 32.2 Å². The van der Waals surface area contributed by atoms with Gasteiger partial charge in [0.2, 0.25) is 10.0 Å². The number of rotatable bonds is 6. The third kappa shape index (κ3) is 3.49. The second-order valence-electron chi connectivity index (χ2n) is 6.25. The molecule has 0 unspecified atom stereocenters. The summed E-state index contributed by atoms with van der Waals surface area (Å²) in [5.41, 5.74) is 5.72. The van der Waals surface area contributed by atoms with Gasteiger partial charge >= 0.3 is 0 Å². The van der Waals surface area contributed by atoms with Gasteiger partial charge in [0, 0.05) is 25.2 Å². The zero-order chi connectivity index (χ0) is 15.7. The van der Waals surface area contributed by atoms with Crippen LogP contribution < -0.4 is 15.4 Å². The van der Waals surface area contributed by atoms with Gasteiger partial charge < -0.3 is 10.6 Å². The Bertz CT molecular complexity index is 632. The van der Waals surface area contributed by atoms with E-state index in [9.17, 15) is 8.42 Å². The van der Waals surface area contributed by atoms with Crippen LogP contribution in [-0.4, -0.2) is 43.3 Å². The van der Waals surface area contributed by atoms with Gasteiger partial charge in [-0.25, -0.2) is 23.1 Å². The van der Waals surface area contributed by atoms with E-state index in [-0.39, 0.29) is 11.8 Å². The second kappa shape index (κ2) is 6.00. The first kappa shape index (κ1) is 15.5. The van der Waals surface area contributed by atoms with Crippen molar-refractivity contribution in [1.29, 1.82) is 0 Å². The monoisotopic (exact) mass is 325 g/mol. The molecule has 3 rings (SSSR count). The fraction of sp³-hybridized carbons (Fsp3) is 0.714. The molecule has 2 aliphatic rings. The Morgan fingerprint density at radius 3 is 2.77 bits per heavy atom. The van der Waals surface area contributed by atoms with Crippen LogP contribution in [0.25, 0.3) is 0 Å². The van der Waals surface area contributed by atoms with E-state index >= 15 is 0 Å². The summed E-state index contributed by atoms with van der Waals surface area (Å²) in [6.45, 7) is 3.34. The molecule has 0 amide bonds. The van der Waals surface area contributed by atoms with Gasteiger partial charge in [-0.15, -0.1) is 0 Å². The van der Waals surface area contributed by atoms with Gasteiger partial charge in [0.15, 0.2) is 0 Å². The van der Waals surface area contributed by atoms with E-state index in [1.807, 2.05) is 6.92 Å². The lowest BCUT2D eigenvalue weighted by Crippen LogP contribution is -2.42. The minimum absolute atomic E-state index is 0.0414. The Labute approximate surface area is 131 Å². The van der Waals surface area contributed by atoms with Gasteiger partial charge in [-0.05, 0) is 31.1 Å². The van der Waals surface area contributed by atoms with Crippen LogP contribution in [-0.2, 0) is 10.0 Å². The van der Waals surface area contributed by atoms with E-state index in [0.717, 1.165) is 12.4 Å². The summed E-state index contributed by atoms with van der Waals surface area (Å²) in [6, 6.07) is 1.70. The molecule has 1 aromatic rings. The number of nitrogen functional groups attached to an aromatic ring is 1. The van der Waals surface area contributed by atoms with Crippen LogP contribution in [0.5, 0.6) is 0 Å². The minimum atomic E-state index is -3.20. The lowest BCUT2D eigenvalue weighted by Gasteiger charge is -2.19. The highest BCUT2D eigenvalue weighted by Gasteiger charge is 2.44. The summed E-state index contributed by atoms with van der Waals surface area (Å²) in [6.07, 6.45) is 4.46. The summed E-state index contributed by atoms with van der Waals surface area (Å²) in [5, 5.41) is 0. The second-order valence-corrected chi connectivity index (χ2v) is 8.12. The predicted molar refractivity (Wildman–Crippen MR) is 85.9 cm³/mol. The normalized spacial score (nSPS) is 25.6. The number of nitrogens with one attached hydrogen (secondary N) is 1. The predicted octanol–water partition coefficient (Wildman–Crippen LogP) is 0.603. The van der Waals surface area contributed by atoms with E-state index in [1.54, 1.807) is 6.07 Å². The first-order valence-electron chi connectivity index (χ1n) is 7.81. The SMILES string of the molecule is CCCS(=O)(=O)N[C@H]1CN(c2cc(N)ncn2)C[C@@H]1C1CC1. The molecule has 1 saturated heterocycles. The molecule has 3 N–H and O–H groups in total. The van der Waals surface area contributed by atoms with Crippen LogP contribution in [0.4, 0.5) is 11.6 Å². The summed E-state index contributed by atoms with van der Waals surface area (Å²) >= 11 is 0. The van der Waals surface area contributed by atoms with E-state index in [0.29, 0.717) is 30.6 Å². The zero-order valence-electron chi connectivity index (χ0n) is 12.8. The number of nitrogens with zero attached hydrogens (tertiary/aromatic N) is 3. The molecular formula is C14H23N5O2S. The summed E-state index contributed by atoms with van der Waals surface area (Å²) in [4.78, 5) is 10.3. The van der Waals surface area contributed by atoms with E-state index in [1.165, 1.54) is 19.2 Å².